The normalized spacial score (nSPS) is 10.8. The molecule has 3 aromatic carbocycles. The molecule has 0 unspecified atom stereocenters. The molecule has 0 bridgehead atoms. The minimum atomic E-state index is -0.524. The van der Waals surface area contributed by atoms with Crippen LogP contribution in [0.5, 0.6) is 0 Å². The van der Waals surface area contributed by atoms with E-state index in [0.717, 1.165) is 23.1 Å². The molecule has 1 aromatic heterocycles. The number of aryl methyl sites for hydroxylation is 2. The fourth-order valence-electron chi connectivity index (χ4n) is 3.42. The van der Waals surface area contributed by atoms with E-state index in [1.165, 1.54) is 0 Å². The van der Waals surface area contributed by atoms with E-state index in [-0.39, 0.29) is 5.76 Å². The highest BCUT2D eigenvalue weighted by atomic mass is 16.4. The van der Waals surface area contributed by atoms with Gasteiger partial charge in [-0.05, 0) is 42.7 Å². The van der Waals surface area contributed by atoms with Crippen molar-refractivity contribution < 1.29 is 9.21 Å². The second-order valence-corrected chi connectivity index (χ2v) is 7.01. The fourth-order valence-corrected chi connectivity index (χ4v) is 3.42. The zero-order chi connectivity index (χ0) is 20.4. The van der Waals surface area contributed by atoms with Crippen LogP contribution in [0, 0.1) is 6.92 Å². The van der Waals surface area contributed by atoms with E-state index in [1.807, 2.05) is 67.6 Å². The maximum absolute atomic E-state index is 13.1. The zero-order valence-corrected chi connectivity index (χ0v) is 16.4. The van der Waals surface area contributed by atoms with E-state index in [2.05, 4.69) is 12.2 Å². The van der Waals surface area contributed by atoms with Crippen LogP contribution in [0.4, 0.5) is 5.69 Å². The van der Waals surface area contributed by atoms with Crippen LogP contribution in [-0.2, 0) is 6.42 Å². The van der Waals surface area contributed by atoms with Crippen molar-refractivity contribution in [2.75, 3.05) is 5.32 Å². The third-order valence-electron chi connectivity index (χ3n) is 4.98. The highest BCUT2D eigenvalue weighted by Crippen LogP contribution is 2.31. The van der Waals surface area contributed by atoms with Crippen LogP contribution in [-0.4, -0.2) is 5.91 Å². The zero-order valence-electron chi connectivity index (χ0n) is 16.4. The first-order chi connectivity index (χ1) is 14.1. The Morgan fingerprint density at radius 1 is 0.931 bits per heavy atom. The monoisotopic (exact) mass is 383 g/mol. The first-order valence-electron chi connectivity index (χ1n) is 9.60. The summed E-state index contributed by atoms with van der Waals surface area (Å²) in [5, 5.41) is 4.02. The molecule has 4 nitrogen and oxygen atoms in total. The molecule has 0 saturated heterocycles. The van der Waals surface area contributed by atoms with E-state index < -0.39 is 11.5 Å². The van der Waals surface area contributed by atoms with Crippen LogP contribution in [0.15, 0.2) is 82.0 Å². The SMILES string of the molecule is CCc1cccc(NC(=O)c2oc(=O)c3ccccc3c2-c2ccc(C)cc2)c1. The molecule has 0 fully saturated rings. The summed E-state index contributed by atoms with van der Waals surface area (Å²) >= 11 is 0. The maximum Gasteiger partial charge on any atom is 0.344 e. The molecule has 1 heterocycles. The summed E-state index contributed by atoms with van der Waals surface area (Å²) in [6.07, 6.45) is 0.864. The number of carbonyl (C=O) groups is 1. The third kappa shape index (κ3) is 3.69. The molecule has 0 spiro atoms. The lowest BCUT2D eigenvalue weighted by molar-refractivity contribution is 0.0994. The molecule has 4 heteroatoms. The number of rotatable bonds is 4. The Bertz CT molecular complexity index is 1250. The second-order valence-electron chi connectivity index (χ2n) is 7.01. The molecule has 4 rings (SSSR count). The highest BCUT2D eigenvalue weighted by Gasteiger charge is 2.21. The number of nitrogens with one attached hydrogen (secondary N) is 1. The van der Waals surface area contributed by atoms with Gasteiger partial charge in [-0.25, -0.2) is 4.79 Å². The number of carbonyl (C=O) groups excluding carboxylic acids is 1. The number of anilines is 1. The highest BCUT2D eigenvalue weighted by molar-refractivity contribution is 6.11. The predicted molar refractivity (Wildman–Crippen MR) is 116 cm³/mol. The number of hydrogen-bond acceptors (Lipinski definition) is 3. The van der Waals surface area contributed by atoms with Crippen molar-refractivity contribution in [2.45, 2.75) is 20.3 Å². The van der Waals surface area contributed by atoms with Crippen molar-refractivity contribution in [2.24, 2.45) is 0 Å². The number of fused-ring (bicyclic) bond motifs is 1. The summed E-state index contributed by atoms with van der Waals surface area (Å²) in [7, 11) is 0. The first kappa shape index (κ1) is 18.7. The predicted octanol–water partition coefficient (Wildman–Crippen LogP) is 5.58. The molecule has 0 saturated carbocycles. The van der Waals surface area contributed by atoms with Crippen molar-refractivity contribution in [3.05, 3.63) is 100 Å². The molecule has 0 atom stereocenters. The Labute approximate surface area is 168 Å². The molecule has 0 aliphatic heterocycles. The van der Waals surface area contributed by atoms with Crippen molar-refractivity contribution in [1.29, 1.82) is 0 Å². The summed E-state index contributed by atoms with van der Waals surface area (Å²) in [5.41, 5.74) is 3.80. The molecule has 0 radical (unpaired) electrons. The quantitative estimate of drug-likeness (QED) is 0.500. The fraction of sp³-hybridized carbons (Fsp3) is 0.120. The molecule has 0 aliphatic rings. The molecule has 1 amide bonds. The molecule has 4 aromatic rings. The van der Waals surface area contributed by atoms with Crippen molar-refractivity contribution in [3.63, 3.8) is 0 Å². The third-order valence-corrected chi connectivity index (χ3v) is 4.98. The van der Waals surface area contributed by atoms with Gasteiger partial charge in [-0.1, -0.05) is 67.1 Å². The van der Waals surface area contributed by atoms with Gasteiger partial charge in [0.1, 0.15) is 0 Å². The van der Waals surface area contributed by atoms with Gasteiger partial charge in [-0.15, -0.1) is 0 Å². The second kappa shape index (κ2) is 7.76. The Kier molecular flexibility index (Phi) is 5.00. The van der Waals surface area contributed by atoms with E-state index in [1.54, 1.807) is 12.1 Å². The van der Waals surface area contributed by atoms with Crippen LogP contribution < -0.4 is 10.9 Å². The minimum Gasteiger partial charge on any atom is -0.416 e. The largest absolute Gasteiger partial charge is 0.416 e. The maximum atomic E-state index is 13.1. The van der Waals surface area contributed by atoms with Gasteiger partial charge in [0.15, 0.2) is 0 Å². The number of benzene rings is 3. The van der Waals surface area contributed by atoms with Gasteiger partial charge in [-0.3, -0.25) is 4.79 Å². The van der Waals surface area contributed by atoms with Gasteiger partial charge in [-0.2, -0.15) is 0 Å². The van der Waals surface area contributed by atoms with Gasteiger partial charge in [0, 0.05) is 16.6 Å². The van der Waals surface area contributed by atoms with Crippen molar-refractivity contribution in [3.8, 4) is 11.1 Å². The van der Waals surface area contributed by atoms with Crippen molar-refractivity contribution in [1.82, 2.24) is 0 Å². The Morgan fingerprint density at radius 2 is 1.66 bits per heavy atom. The molecule has 29 heavy (non-hydrogen) atoms. The lowest BCUT2D eigenvalue weighted by Crippen LogP contribution is -2.17. The van der Waals surface area contributed by atoms with Gasteiger partial charge in [0.2, 0.25) is 5.76 Å². The summed E-state index contributed by atoms with van der Waals surface area (Å²) in [5.74, 6) is -0.434. The molecular formula is C25H21NO3. The summed E-state index contributed by atoms with van der Waals surface area (Å²) in [6, 6.07) is 22.7. The molecule has 0 aliphatic carbocycles. The van der Waals surface area contributed by atoms with Crippen LogP contribution in [0.3, 0.4) is 0 Å². The Morgan fingerprint density at radius 3 is 2.38 bits per heavy atom. The van der Waals surface area contributed by atoms with E-state index in [4.69, 9.17) is 4.42 Å². The van der Waals surface area contributed by atoms with Crippen molar-refractivity contribution >= 4 is 22.4 Å². The van der Waals surface area contributed by atoms with Gasteiger partial charge >= 0.3 is 5.63 Å². The molecule has 1 N–H and O–H groups in total. The average Bonchev–Trinajstić information content (AvgIpc) is 2.74. The number of amides is 1. The lowest BCUT2D eigenvalue weighted by Gasteiger charge is -2.13. The Balaban J connectivity index is 1.88. The minimum absolute atomic E-state index is 0.0134. The average molecular weight is 383 g/mol. The Hall–Kier alpha value is -3.66. The van der Waals surface area contributed by atoms with Crippen LogP contribution in [0.1, 0.15) is 28.6 Å². The summed E-state index contributed by atoms with van der Waals surface area (Å²) in [6.45, 7) is 4.06. The van der Waals surface area contributed by atoms with Crippen LogP contribution >= 0.6 is 0 Å². The van der Waals surface area contributed by atoms with Gasteiger partial charge in [0.05, 0.1) is 5.39 Å². The lowest BCUT2D eigenvalue weighted by atomic mass is 9.97. The van der Waals surface area contributed by atoms with E-state index in [9.17, 15) is 9.59 Å². The van der Waals surface area contributed by atoms with Crippen LogP contribution in [0.25, 0.3) is 21.9 Å². The smallest absolute Gasteiger partial charge is 0.344 e. The van der Waals surface area contributed by atoms with Gasteiger partial charge in [0.25, 0.3) is 5.91 Å². The first-order valence-corrected chi connectivity index (χ1v) is 9.60. The summed E-state index contributed by atoms with van der Waals surface area (Å²) in [4.78, 5) is 25.7. The van der Waals surface area contributed by atoms with Gasteiger partial charge < -0.3 is 9.73 Å². The summed E-state index contributed by atoms with van der Waals surface area (Å²) < 4.78 is 5.53. The molecular weight excluding hydrogens is 362 g/mol. The van der Waals surface area contributed by atoms with E-state index >= 15 is 0 Å². The van der Waals surface area contributed by atoms with E-state index in [0.29, 0.717) is 22.0 Å². The topological polar surface area (TPSA) is 59.3 Å². The standard InChI is InChI=1S/C25H21NO3/c1-3-17-7-6-8-19(15-17)26-24(27)23-22(18-13-11-16(2)12-14-18)20-9-4-5-10-21(20)25(28)29-23/h4-15H,3H2,1-2H3,(H,26,27). The number of hydrogen-bond donors (Lipinski definition) is 1. The molecule has 144 valence electrons. The van der Waals surface area contributed by atoms with Crippen LogP contribution in [0.2, 0.25) is 0 Å².